The first-order valence-corrected chi connectivity index (χ1v) is 7.04. The molecule has 0 aromatic heterocycles. The van der Waals surface area contributed by atoms with Gasteiger partial charge in [0.05, 0.1) is 11.6 Å². The molecule has 0 spiro atoms. The van der Waals surface area contributed by atoms with Crippen LogP contribution >= 0.6 is 0 Å². The van der Waals surface area contributed by atoms with E-state index in [0.29, 0.717) is 6.07 Å². The zero-order chi connectivity index (χ0) is 17.7. The fraction of sp³-hybridized carbons (Fsp3) is 0.176. The normalized spacial score (nSPS) is 11.7. The Kier molecular flexibility index (Phi) is 5.57. The number of hydrogen-bond acceptors (Lipinski definition) is 3. The van der Waals surface area contributed by atoms with Gasteiger partial charge in [0.2, 0.25) is 0 Å². The second-order valence-electron chi connectivity index (χ2n) is 5.04. The van der Waals surface area contributed by atoms with Crippen molar-refractivity contribution in [3.05, 3.63) is 71.0 Å². The zero-order valence-corrected chi connectivity index (χ0v) is 12.7. The lowest BCUT2D eigenvalue weighted by Gasteiger charge is -2.15. The van der Waals surface area contributed by atoms with Gasteiger partial charge < -0.3 is 10.1 Å². The summed E-state index contributed by atoms with van der Waals surface area (Å²) >= 11 is 0. The van der Waals surface area contributed by atoms with Gasteiger partial charge in [-0.3, -0.25) is 4.79 Å². The first-order chi connectivity index (χ1) is 11.4. The maximum atomic E-state index is 13.6. The van der Waals surface area contributed by atoms with E-state index in [1.807, 2.05) is 0 Å². The van der Waals surface area contributed by atoms with Gasteiger partial charge in [-0.2, -0.15) is 0 Å². The Hall–Kier alpha value is -2.83. The lowest BCUT2D eigenvalue weighted by Crippen LogP contribution is -2.31. The third-order valence-electron chi connectivity index (χ3n) is 3.22. The molecule has 2 aromatic rings. The topological polar surface area (TPSA) is 55.4 Å². The van der Waals surface area contributed by atoms with E-state index in [1.165, 1.54) is 25.1 Å². The smallest absolute Gasteiger partial charge is 0.338 e. The summed E-state index contributed by atoms with van der Waals surface area (Å²) in [5.41, 5.74) is 0.205. The van der Waals surface area contributed by atoms with Gasteiger partial charge in [0.1, 0.15) is 17.5 Å². The summed E-state index contributed by atoms with van der Waals surface area (Å²) in [7, 11) is 0. The van der Waals surface area contributed by atoms with Gasteiger partial charge in [-0.15, -0.1) is 0 Å². The van der Waals surface area contributed by atoms with Crippen LogP contribution in [-0.2, 0) is 9.53 Å². The van der Waals surface area contributed by atoms with Gasteiger partial charge in [-0.05, 0) is 37.3 Å². The van der Waals surface area contributed by atoms with Crippen molar-refractivity contribution in [1.29, 1.82) is 0 Å². The van der Waals surface area contributed by atoms with E-state index < -0.39 is 42.0 Å². The lowest BCUT2D eigenvalue weighted by molar-refractivity contribution is -0.124. The molecule has 1 atom stereocenters. The maximum Gasteiger partial charge on any atom is 0.338 e. The SMILES string of the molecule is C[C@@H](NC(=O)COC(=O)c1ccc(F)cc1)c1ccc(F)cc1F. The molecule has 0 fully saturated rings. The fourth-order valence-corrected chi connectivity index (χ4v) is 2.01. The molecule has 0 heterocycles. The highest BCUT2D eigenvalue weighted by atomic mass is 19.1. The van der Waals surface area contributed by atoms with Gasteiger partial charge in [0, 0.05) is 11.6 Å². The number of carbonyl (C=O) groups is 2. The summed E-state index contributed by atoms with van der Waals surface area (Å²) in [6.07, 6.45) is 0. The summed E-state index contributed by atoms with van der Waals surface area (Å²) in [6.45, 7) is 0.930. The molecule has 0 unspecified atom stereocenters. The summed E-state index contributed by atoms with van der Waals surface area (Å²) < 4.78 is 44.0. The molecule has 24 heavy (non-hydrogen) atoms. The van der Waals surface area contributed by atoms with Crippen LogP contribution < -0.4 is 5.32 Å². The third-order valence-corrected chi connectivity index (χ3v) is 3.22. The molecule has 0 saturated carbocycles. The molecule has 126 valence electrons. The molecule has 0 radical (unpaired) electrons. The van der Waals surface area contributed by atoms with Crippen LogP contribution in [0, 0.1) is 17.5 Å². The van der Waals surface area contributed by atoms with Crippen LogP contribution in [0.4, 0.5) is 13.2 Å². The van der Waals surface area contributed by atoms with E-state index in [1.54, 1.807) is 0 Å². The summed E-state index contributed by atoms with van der Waals surface area (Å²) in [6, 6.07) is 6.93. The monoisotopic (exact) mass is 337 g/mol. The predicted octanol–water partition coefficient (Wildman–Crippen LogP) is 3.14. The first kappa shape index (κ1) is 17.5. The molecule has 0 aliphatic carbocycles. The standard InChI is InChI=1S/C17H14F3NO3/c1-10(14-7-6-13(19)8-15(14)20)21-16(22)9-24-17(23)11-2-4-12(18)5-3-11/h2-8,10H,9H2,1H3,(H,21,22)/t10-/m1/s1. The maximum absolute atomic E-state index is 13.6. The van der Waals surface area contributed by atoms with Gasteiger partial charge in [-0.1, -0.05) is 6.07 Å². The van der Waals surface area contributed by atoms with Crippen molar-refractivity contribution >= 4 is 11.9 Å². The van der Waals surface area contributed by atoms with E-state index in [0.717, 1.165) is 18.2 Å². The van der Waals surface area contributed by atoms with Crippen LogP contribution in [0.2, 0.25) is 0 Å². The van der Waals surface area contributed by atoms with Crippen LogP contribution in [0.25, 0.3) is 0 Å². The second kappa shape index (κ2) is 7.63. The minimum absolute atomic E-state index is 0.0989. The number of esters is 1. The molecule has 1 N–H and O–H groups in total. The summed E-state index contributed by atoms with van der Waals surface area (Å²) in [5, 5.41) is 2.43. The average Bonchev–Trinajstić information content (AvgIpc) is 2.53. The third kappa shape index (κ3) is 4.58. The van der Waals surface area contributed by atoms with Gasteiger partial charge >= 0.3 is 5.97 Å². The number of nitrogens with one attached hydrogen (secondary N) is 1. The lowest BCUT2D eigenvalue weighted by atomic mass is 10.1. The molecule has 7 heteroatoms. The number of ether oxygens (including phenoxy) is 1. The zero-order valence-electron chi connectivity index (χ0n) is 12.7. The molecule has 2 aromatic carbocycles. The average molecular weight is 337 g/mol. The highest BCUT2D eigenvalue weighted by Crippen LogP contribution is 2.17. The minimum atomic E-state index is -0.786. The molecule has 0 aliphatic heterocycles. The van der Waals surface area contributed by atoms with Crippen molar-refractivity contribution in [3.63, 3.8) is 0 Å². The van der Waals surface area contributed by atoms with Crippen LogP contribution in [0.1, 0.15) is 28.9 Å². The minimum Gasteiger partial charge on any atom is -0.452 e. The highest BCUT2D eigenvalue weighted by molar-refractivity contribution is 5.91. The summed E-state index contributed by atoms with van der Waals surface area (Å²) in [4.78, 5) is 23.4. The van der Waals surface area contributed by atoms with Crippen molar-refractivity contribution in [2.45, 2.75) is 13.0 Å². The van der Waals surface area contributed by atoms with Crippen molar-refractivity contribution in [2.75, 3.05) is 6.61 Å². The Labute approximate surface area is 136 Å². The van der Waals surface area contributed by atoms with E-state index in [4.69, 9.17) is 4.74 Å². The van der Waals surface area contributed by atoms with Crippen molar-refractivity contribution in [3.8, 4) is 0 Å². The number of amides is 1. The number of rotatable bonds is 5. The predicted molar refractivity (Wildman–Crippen MR) is 79.6 cm³/mol. The van der Waals surface area contributed by atoms with Crippen LogP contribution in [0.15, 0.2) is 42.5 Å². The number of benzene rings is 2. The Morgan fingerprint density at radius 2 is 1.67 bits per heavy atom. The molecule has 1 amide bonds. The Morgan fingerprint density at radius 1 is 1.04 bits per heavy atom. The second-order valence-corrected chi connectivity index (χ2v) is 5.04. The summed E-state index contributed by atoms with van der Waals surface area (Å²) in [5.74, 6) is -3.44. The van der Waals surface area contributed by atoms with Crippen molar-refractivity contribution in [1.82, 2.24) is 5.32 Å². The van der Waals surface area contributed by atoms with Gasteiger partial charge in [-0.25, -0.2) is 18.0 Å². The molecule has 0 saturated heterocycles. The number of hydrogen-bond donors (Lipinski definition) is 1. The van der Waals surface area contributed by atoms with E-state index in [-0.39, 0.29) is 11.1 Å². The van der Waals surface area contributed by atoms with Gasteiger partial charge in [0.15, 0.2) is 6.61 Å². The number of halogens is 3. The van der Waals surface area contributed by atoms with E-state index in [9.17, 15) is 22.8 Å². The fourth-order valence-electron chi connectivity index (χ4n) is 2.01. The van der Waals surface area contributed by atoms with Crippen LogP contribution in [-0.4, -0.2) is 18.5 Å². The van der Waals surface area contributed by atoms with Crippen LogP contribution in [0.3, 0.4) is 0 Å². The van der Waals surface area contributed by atoms with Crippen molar-refractivity contribution < 1.29 is 27.5 Å². The first-order valence-electron chi connectivity index (χ1n) is 7.04. The Balaban J connectivity index is 1.88. The molecular weight excluding hydrogens is 323 g/mol. The molecule has 0 bridgehead atoms. The van der Waals surface area contributed by atoms with E-state index in [2.05, 4.69) is 5.32 Å². The molecule has 2 rings (SSSR count). The Bertz CT molecular complexity index is 747. The largest absolute Gasteiger partial charge is 0.452 e. The number of carbonyl (C=O) groups excluding carboxylic acids is 2. The van der Waals surface area contributed by atoms with Gasteiger partial charge in [0.25, 0.3) is 5.91 Å². The molecule has 4 nitrogen and oxygen atoms in total. The molecular formula is C17H14F3NO3. The molecule has 0 aliphatic rings. The van der Waals surface area contributed by atoms with Crippen molar-refractivity contribution in [2.24, 2.45) is 0 Å². The quantitative estimate of drug-likeness (QED) is 0.853. The highest BCUT2D eigenvalue weighted by Gasteiger charge is 2.16. The van der Waals surface area contributed by atoms with Crippen LogP contribution in [0.5, 0.6) is 0 Å². The Morgan fingerprint density at radius 3 is 2.29 bits per heavy atom. The van der Waals surface area contributed by atoms with E-state index >= 15 is 0 Å².